The predicted molar refractivity (Wildman–Crippen MR) is 62.0 cm³/mol. The normalized spacial score (nSPS) is 29.8. The predicted octanol–water partition coefficient (Wildman–Crippen LogP) is 2.72. The molecule has 0 spiro atoms. The highest BCUT2D eigenvalue weighted by Gasteiger charge is 2.34. The quantitative estimate of drug-likeness (QED) is 0.692. The molecule has 0 saturated heterocycles. The van der Waals surface area contributed by atoms with Gasteiger partial charge < -0.3 is 4.74 Å². The van der Waals surface area contributed by atoms with E-state index in [4.69, 9.17) is 4.74 Å². The van der Waals surface area contributed by atoms with Gasteiger partial charge in [0.1, 0.15) is 11.9 Å². The Morgan fingerprint density at radius 1 is 1.31 bits per heavy atom. The first-order valence-electron chi connectivity index (χ1n) is 6.24. The van der Waals surface area contributed by atoms with Crippen LogP contribution in [-0.2, 0) is 14.3 Å². The van der Waals surface area contributed by atoms with E-state index in [1.165, 1.54) is 0 Å². The first kappa shape index (κ1) is 13.2. The molecule has 1 saturated carbocycles. The maximum absolute atomic E-state index is 11.5. The molecular weight excluding hydrogens is 204 g/mol. The van der Waals surface area contributed by atoms with Gasteiger partial charge >= 0.3 is 5.97 Å². The minimum atomic E-state index is -0.180. The molecule has 0 aliphatic heterocycles. The molecule has 3 nitrogen and oxygen atoms in total. The second-order valence-electron chi connectivity index (χ2n) is 4.91. The summed E-state index contributed by atoms with van der Waals surface area (Å²) >= 11 is 0. The van der Waals surface area contributed by atoms with Gasteiger partial charge in [-0.15, -0.1) is 0 Å². The standard InChI is InChI=1S/C13H22O3/c1-4-5-13(15)16-12-8-9(2)6-7-11(12)10(3)14/h9,11-12H,4-8H2,1-3H3/t9-,11+,12-/m1/s1. The van der Waals surface area contributed by atoms with E-state index in [1.807, 2.05) is 6.92 Å². The number of carbonyl (C=O) groups excluding carboxylic acids is 2. The highest BCUT2D eigenvalue weighted by Crippen LogP contribution is 2.31. The van der Waals surface area contributed by atoms with E-state index in [0.717, 1.165) is 25.7 Å². The summed E-state index contributed by atoms with van der Waals surface area (Å²) in [6, 6.07) is 0. The number of hydrogen-bond donors (Lipinski definition) is 0. The molecule has 0 aromatic rings. The van der Waals surface area contributed by atoms with Crippen molar-refractivity contribution in [2.45, 2.75) is 59.0 Å². The maximum Gasteiger partial charge on any atom is 0.306 e. The summed E-state index contributed by atoms with van der Waals surface area (Å²) in [6.45, 7) is 5.70. The lowest BCUT2D eigenvalue weighted by atomic mass is 9.79. The van der Waals surface area contributed by atoms with Crippen molar-refractivity contribution in [2.24, 2.45) is 11.8 Å². The fraction of sp³-hybridized carbons (Fsp3) is 0.846. The minimum Gasteiger partial charge on any atom is -0.462 e. The van der Waals surface area contributed by atoms with Crippen molar-refractivity contribution in [1.29, 1.82) is 0 Å². The highest BCUT2D eigenvalue weighted by atomic mass is 16.5. The zero-order valence-electron chi connectivity index (χ0n) is 10.5. The van der Waals surface area contributed by atoms with Gasteiger partial charge in [0.2, 0.25) is 0 Å². The lowest BCUT2D eigenvalue weighted by Gasteiger charge is -2.32. The molecule has 0 radical (unpaired) electrons. The van der Waals surface area contributed by atoms with Gasteiger partial charge in [-0.2, -0.15) is 0 Å². The van der Waals surface area contributed by atoms with Crippen molar-refractivity contribution in [2.75, 3.05) is 0 Å². The van der Waals surface area contributed by atoms with Crippen LogP contribution in [0.4, 0.5) is 0 Å². The highest BCUT2D eigenvalue weighted by molar-refractivity contribution is 5.79. The second kappa shape index (κ2) is 6.02. The zero-order chi connectivity index (χ0) is 12.1. The van der Waals surface area contributed by atoms with Gasteiger partial charge in [-0.1, -0.05) is 13.8 Å². The van der Waals surface area contributed by atoms with Crippen LogP contribution in [0.5, 0.6) is 0 Å². The molecule has 3 atom stereocenters. The van der Waals surface area contributed by atoms with Gasteiger partial charge in [0, 0.05) is 6.42 Å². The summed E-state index contributed by atoms with van der Waals surface area (Å²) in [5, 5.41) is 0. The van der Waals surface area contributed by atoms with Crippen LogP contribution in [0.1, 0.15) is 52.9 Å². The number of carbonyl (C=O) groups is 2. The van der Waals surface area contributed by atoms with Crippen molar-refractivity contribution >= 4 is 11.8 Å². The Kier molecular flexibility index (Phi) is 4.97. The molecule has 1 rings (SSSR count). The summed E-state index contributed by atoms with van der Waals surface area (Å²) in [7, 11) is 0. The van der Waals surface area contributed by atoms with Crippen molar-refractivity contribution in [3.8, 4) is 0 Å². The smallest absolute Gasteiger partial charge is 0.306 e. The first-order valence-corrected chi connectivity index (χ1v) is 6.24. The molecule has 0 amide bonds. The van der Waals surface area contributed by atoms with Crippen LogP contribution in [0, 0.1) is 11.8 Å². The maximum atomic E-state index is 11.5. The number of rotatable bonds is 4. The average Bonchev–Trinajstić information content (AvgIpc) is 2.17. The Balaban J connectivity index is 2.57. The first-order chi connectivity index (χ1) is 7.54. The SMILES string of the molecule is CCCC(=O)O[C@@H]1C[C@H](C)CC[C@H]1C(C)=O. The van der Waals surface area contributed by atoms with E-state index >= 15 is 0 Å². The Bertz CT molecular complexity index is 260. The Morgan fingerprint density at radius 2 is 2.00 bits per heavy atom. The molecule has 0 N–H and O–H groups in total. The van der Waals surface area contributed by atoms with E-state index in [2.05, 4.69) is 6.92 Å². The topological polar surface area (TPSA) is 43.4 Å². The molecule has 0 aromatic heterocycles. The van der Waals surface area contributed by atoms with Crippen LogP contribution in [0.15, 0.2) is 0 Å². The van der Waals surface area contributed by atoms with Crippen molar-refractivity contribution in [3.05, 3.63) is 0 Å². The largest absolute Gasteiger partial charge is 0.462 e. The number of Topliss-reactive ketones (excluding diaryl/α,β-unsaturated/α-hetero) is 1. The lowest BCUT2D eigenvalue weighted by Crippen LogP contribution is -2.36. The minimum absolute atomic E-state index is 0.0722. The molecule has 0 bridgehead atoms. The molecule has 1 aliphatic rings. The van der Waals surface area contributed by atoms with E-state index in [0.29, 0.717) is 12.3 Å². The van der Waals surface area contributed by atoms with Gasteiger partial charge in [-0.25, -0.2) is 0 Å². The van der Waals surface area contributed by atoms with Crippen LogP contribution in [0.3, 0.4) is 0 Å². The Hall–Kier alpha value is -0.860. The van der Waals surface area contributed by atoms with Crippen molar-refractivity contribution in [1.82, 2.24) is 0 Å². The summed E-state index contributed by atoms with van der Waals surface area (Å²) < 4.78 is 5.42. The van der Waals surface area contributed by atoms with Crippen molar-refractivity contribution < 1.29 is 14.3 Å². The van der Waals surface area contributed by atoms with Crippen molar-refractivity contribution in [3.63, 3.8) is 0 Å². The summed E-state index contributed by atoms with van der Waals surface area (Å²) in [5.74, 6) is 0.473. The van der Waals surface area contributed by atoms with E-state index < -0.39 is 0 Å². The third-order valence-electron chi connectivity index (χ3n) is 3.31. The molecule has 3 heteroatoms. The van der Waals surface area contributed by atoms with Gasteiger partial charge in [0.25, 0.3) is 0 Å². The molecule has 0 unspecified atom stereocenters. The summed E-state index contributed by atoms with van der Waals surface area (Å²) in [6.07, 6.45) is 3.83. The third kappa shape index (κ3) is 3.62. The number of esters is 1. The summed E-state index contributed by atoms with van der Waals surface area (Å²) in [4.78, 5) is 22.9. The molecular formula is C13H22O3. The van der Waals surface area contributed by atoms with E-state index in [-0.39, 0.29) is 23.8 Å². The Labute approximate surface area is 97.5 Å². The van der Waals surface area contributed by atoms with Gasteiger partial charge in [0.15, 0.2) is 0 Å². The van der Waals surface area contributed by atoms with Gasteiger partial charge in [-0.3, -0.25) is 9.59 Å². The fourth-order valence-electron chi connectivity index (χ4n) is 2.36. The molecule has 16 heavy (non-hydrogen) atoms. The van der Waals surface area contributed by atoms with Crippen LogP contribution >= 0.6 is 0 Å². The van der Waals surface area contributed by atoms with Crippen LogP contribution < -0.4 is 0 Å². The van der Waals surface area contributed by atoms with Crippen LogP contribution in [0.2, 0.25) is 0 Å². The molecule has 1 fully saturated rings. The number of hydrogen-bond acceptors (Lipinski definition) is 3. The van der Waals surface area contributed by atoms with Crippen LogP contribution in [-0.4, -0.2) is 17.9 Å². The zero-order valence-corrected chi connectivity index (χ0v) is 10.5. The molecule has 0 aromatic carbocycles. The molecule has 92 valence electrons. The fourth-order valence-corrected chi connectivity index (χ4v) is 2.36. The molecule has 1 aliphatic carbocycles. The monoisotopic (exact) mass is 226 g/mol. The van der Waals surface area contributed by atoms with Crippen LogP contribution in [0.25, 0.3) is 0 Å². The number of ether oxygens (including phenoxy) is 1. The van der Waals surface area contributed by atoms with Gasteiger partial charge in [0.05, 0.1) is 5.92 Å². The third-order valence-corrected chi connectivity index (χ3v) is 3.31. The summed E-state index contributed by atoms with van der Waals surface area (Å²) in [5.41, 5.74) is 0. The molecule has 0 heterocycles. The number of ketones is 1. The Morgan fingerprint density at radius 3 is 2.56 bits per heavy atom. The lowest BCUT2D eigenvalue weighted by molar-refractivity contribution is -0.156. The average molecular weight is 226 g/mol. The van der Waals surface area contributed by atoms with E-state index in [9.17, 15) is 9.59 Å². The van der Waals surface area contributed by atoms with E-state index in [1.54, 1.807) is 6.92 Å². The van der Waals surface area contributed by atoms with Gasteiger partial charge in [-0.05, 0) is 38.5 Å². The second-order valence-corrected chi connectivity index (χ2v) is 4.91.